The van der Waals surface area contributed by atoms with Gasteiger partial charge in [-0.15, -0.1) is 4.40 Å². The van der Waals surface area contributed by atoms with E-state index in [-0.39, 0.29) is 35.6 Å². The van der Waals surface area contributed by atoms with Crippen LogP contribution >= 0.6 is 0 Å². The van der Waals surface area contributed by atoms with Gasteiger partial charge in [0.25, 0.3) is 10.0 Å². The maximum Gasteiger partial charge on any atom is 0.419 e. The van der Waals surface area contributed by atoms with Gasteiger partial charge in [-0.3, -0.25) is 0 Å². The molecule has 1 saturated heterocycles. The Bertz CT molecular complexity index is 1190. The molecule has 1 atom stereocenters. The number of alkyl halides is 3. The molecule has 1 aliphatic carbocycles. The van der Waals surface area contributed by atoms with Crippen LogP contribution in [0.15, 0.2) is 27.1 Å². The predicted octanol–water partition coefficient (Wildman–Crippen LogP) is 4.52. The standard InChI is InChI=1S/C23H30F3N5O4S/c1-36(32,33)30-22(27)31-12-5-8-18(31)21-28-20(29-35-21)16-9-10-19(17(14-16)23(24,25)26)34-13-11-15-6-3-2-4-7-15/h9-10,14-15,18H,2-8,11-13H2,1H3,(H2,27,30)/t18-/m0/s1. The Hall–Kier alpha value is -2.83. The fraction of sp³-hybridized carbons (Fsp3) is 0.609. The summed E-state index contributed by atoms with van der Waals surface area (Å²) >= 11 is 0. The highest BCUT2D eigenvalue weighted by Crippen LogP contribution is 2.39. The molecule has 0 bridgehead atoms. The van der Waals surface area contributed by atoms with Crippen LogP contribution in [-0.4, -0.2) is 48.8 Å². The highest BCUT2D eigenvalue weighted by Gasteiger charge is 2.36. The number of halogens is 3. The molecule has 2 heterocycles. The van der Waals surface area contributed by atoms with E-state index in [1.807, 2.05) is 0 Å². The first-order valence-corrected chi connectivity index (χ1v) is 13.9. The van der Waals surface area contributed by atoms with Crippen LogP contribution in [0.2, 0.25) is 0 Å². The van der Waals surface area contributed by atoms with Gasteiger partial charge in [0.1, 0.15) is 11.8 Å². The van der Waals surface area contributed by atoms with Gasteiger partial charge in [0, 0.05) is 12.1 Å². The van der Waals surface area contributed by atoms with Gasteiger partial charge in [0.05, 0.1) is 18.4 Å². The molecular weight excluding hydrogens is 499 g/mol. The van der Waals surface area contributed by atoms with Gasteiger partial charge in [0.15, 0.2) is 0 Å². The third-order valence-electron chi connectivity index (χ3n) is 6.58. The smallest absolute Gasteiger partial charge is 0.419 e. The number of nitrogens with two attached hydrogens (primary N) is 1. The van der Waals surface area contributed by atoms with Crippen LogP contribution in [-0.2, 0) is 16.2 Å². The summed E-state index contributed by atoms with van der Waals surface area (Å²) in [7, 11) is -3.70. The zero-order valence-corrected chi connectivity index (χ0v) is 20.8. The molecule has 1 saturated carbocycles. The van der Waals surface area contributed by atoms with Crippen LogP contribution in [0.4, 0.5) is 13.2 Å². The molecule has 2 N–H and O–H groups in total. The van der Waals surface area contributed by atoms with Gasteiger partial charge in [-0.05, 0) is 43.4 Å². The number of nitrogens with zero attached hydrogens (tertiary/aromatic N) is 4. The SMILES string of the molecule is CS(=O)(=O)/N=C(/N)N1CCC[C@H]1c1nc(-c2ccc(OCCC3CCCCC3)c(C(F)(F)F)c2)no1. The van der Waals surface area contributed by atoms with E-state index < -0.39 is 27.8 Å². The number of rotatable bonds is 7. The lowest BCUT2D eigenvalue weighted by Crippen LogP contribution is -2.37. The quantitative estimate of drug-likeness (QED) is 0.410. The van der Waals surface area contributed by atoms with Crippen molar-refractivity contribution in [1.29, 1.82) is 0 Å². The second-order valence-electron chi connectivity index (χ2n) is 9.34. The summed E-state index contributed by atoms with van der Waals surface area (Å²) in [4.78, 5) is 5.81. The topological polar surface area (TPSA) is 124 Å². The number of benzene rings is 1. The summed E-state index contributed by atoms with van der Waals surface area (Å²) in [6, 6.07) is 3.18. The molecule has 198 valence electrons. The fourth-order valence-corrected chi connectivity index (χ4v) is 5.28. The molecule has 9 nitrogen and oxygen atoms in total. The van der Waals surface area contributed by atoms with E-state index in [1.165, 1.54) is 23.5 Å². The van der Waals surface area contributed by atoms with E-state index in [0.717, 1.165) is 44.4 Å². The first-order valence-electron chi connectivity index (χ1n) is 12.0. The third-order valence-corrected chi connectivity index (χ3v) is 7.10. The molecular formula is C23H30F3N5O4S. The van der Waals surface area contributed by atoms with Crippen LogP contribution in [0.3, 0.4) is 0 Å². The lowest BCUT2D eigenvalue weighted by atomic mass is 9.87. The summed E-state index contributed by atoms with van der Waals surface area (Å²) in [5.41, 5.74) is 5.07. The molecule has 0 unspecified atom stereocenters. The number of guanidine groups is 1. The summed E-state index contributed by atoms with van der Waals surface area (Å²) in [5, 5.41) is 3.86. The highest BCUT2D eigenvalue weighted by atomic mass is 32.2. The second-order valence-corrected chi connectivity index (χ2v) is 11.0. The van der Waals surface area contributed by atoms with Crippen molar-refractivity contribution in [2.75, 3.05) is 19.4 Å². The molecule has 1 aliphatic heterocycles. The molecule has 36 heavy (non-hydrogen) atoms. The third kappa shape index (κ3) is 6.48. The number of likely N-dealkylation sites (tertiary alicyclic amines) is 1. The summed E-state index contributed by atoms with van der Waals surface area (Å²) in [6.07, 6.45) is 3.99. The van der Waals surface area contributed by atoms with Gasteiger partial charge in [-0.2, -0.15) is 18.2 Å². The molecule has 0 radical (unpaired) electrons. The van der Waals surface area contributed by atoms with Crippen molar-refractivity contribution in [2.45, 2.75) is 63.6 Å². The van der Waals surface area contributed by atoms with E-state index in [0.29, 0.717) is 25.3 Å². The second kappa shape index (κ2) is 10.7. The first-order chi connectivity index (χ1) is 17.0. The van der Waals surface area contributed by atoms with E-state index in [4.69, 9.17) is 15.0 Å². The van der Waals surface area contributed by atoms with Crippen LogP contribution < -0.4 is 10.5 Å². The molecule has 2 aliphatic rings. The van der Waals surface area contributed by atoms with Crippen molar-refractivity contribution in [1.82, 2.24) is 15.0 Å². The Morgan fingerprint density at radius 2 is 1.97 bits per heavy atom. The zero-order valence-electron chi connectivity index (χ0n) is 20.0. The largest absolute Gasteiger partial charge is 0.493 e. The van der Waals surface area contributed by atoms with Crippen molar-refractivity contribution >= 4 is 16.0 Å². The Balaban J connectivity index is 1.51. The van der Waals surface area contributed by atoms with Gasteiger partial charge in [-0.25, -0.2) is 8.42 Å². The predicted molar refractivity (Wildman–Crippen MR) is 127 cm³/mol. The highest BCUT2D eigenvalue weighted by molar-refractivity contribution is 7.89. The summed E-state index contributed by atoms with van der Waals surface area (Å²) < 4.78 is 78.8. The van der Waals surface area contributed by atoms with Crippen LogP contribution in [0.25, 0.3) is 11.4 Å². The minimum atomic E-state index is -4.62. The van der Waals surface area contributed by atoms with Crippen LogP contribution in [0, 0.1) is 5.92 Å². The minimum Gasteiger partial charge on any atom is -0.493 e. The number of hydrogen-bond acceptors (Lipinski definition) is 6. The fourth-order valence-electron chi connectivity index (χ4n) is 4.84. The van der Waals surface area contributed by atoms with E-state index in [9.17, 15) is 21.6 Å². The van der Waals surface area contributed by atoms with E-state index >= 15 is 0 Å². The molecule has 2 aromatic rings. The average Bonchev–Trinajstić information content (AvgIpc) is 3.48. The maximum absolute atomic E-state index is 13.8. The summed E-state index contributed by atoms with van der Waals surface area (Å²) in [6.45, 7) is 0.659. The number of sulfonamides is 1. The molecule has 13 heteroatoms. The first kappa shape index (κ1) is 26.2. The lowest BCUT2D eigenvalue weighted by molar-refractivity contribution is -0.138. The minimum absolute atomic E-state index is 0.0188. The van der Waals surface area contributed by atoms with E-state index in [2.05, 4.69) is 14.5 Å². The van der Waals surface area contributed by atoms with Gasteiger partial charge in [0.2, 0.25) is 17.7 Å². The van der Waals surface area contributed by atoms with Crippen molar-refractivity contribution in [3.05, 3.63) is 29.7 Å². The van der Waals surface area contributed by atoms with Crippen molar-refractivity contribution < 1.29 is 30.8 Å². The number of ether oxygens (including phenoxy) is 1. The molecule has 1 aromatic carbocycles. The number of hydrogen-bond donors (Lipinski definition) is 1. The Morgan fingerprint density at radius 3 is 2.67 bits per heavy atom. The average molecular weight is 530 g/mol. The zero-order chi connectivity index (χ0) is 25.9. The van der Waals surface area contributed by atoms with Crippen LogP contribution in [0.5, 0.6) is 5.75 Å². The molecule has 1 aromatic heterocycles. The van der Waals surface area contributed by atoms with Gasteiger partial charge in [-0.1, -0.05) is 37.3 Å². The molecule has 4 rings (SSSR count). The maximum atomic E-state index is 13.8. The Kier molecular flexibility index (Phi) is 7.76. The summed E-state index contributed by atoms with van der Waals surface area (Å²) in [5.74, 6) is 0.174. The Morgan fingerprint density at radius 1 is 1.22 bits per heavy atom. The van der Waals surface area contributed by atoms with E-state index in [1.54, 1.807) is 0 Å². The number of aromatic nitrogens is 2. The molecule has 2 fully saturated rings. The monoisotopic (exact) mass is 529 g/mol. The normalized spacial score (nSPS) is 20.2. The van der Waals surface area contributed by atoms with Crippen molar-refractivity contribution in [2.24, 2.45) is 16.0 Å². The van der Waals surface area contributed by atoms with Gasteiger partial charge >= 0.3 is 6.18 Å². The Labute approximate surface area is 208 Å². The van der Waals surface area contributed by atoms with Crippen LogP contribution in [0.1, 0.15) is 68.9 Å². The van der Waals surface area contributed by atoms with Gasteiger partial charge < -0.3 is 19.9 Å². The van der Waals surface area contributed by atoms with Crippen molar-refractivity contribution in [3.8, 4) is 17.1 Å². The molecule has 0 spiro atoms. The molecule has 0 amide bonds. The lowest BCUT2D eigenvalue weighted by Gasteiger charge is -2.22. The van der Waals surface area contributed by atoms with Crippen molar-refractivity contribution in [3.63, 3.8) is 0 Å².